The average molecular weight is 345 g/mol. The Kier molecular flexibility index (Phi) is 4.57. The second-order valence-electron chi connectivity index (χ2n) is 6.48. The summed E-state index contributed by atoms with van der Waals surface area (Å²) in [6.07, 6.45) is 0.0777. The lowest BCUT2D eigenvalue weighted by Crippen LogP contribution is -2.34. The van der Waals surface area contributed by atoms with Crippen LogP contribution in [0.15, 0.2) is 28.8 Å². The number of anilines is 1. The first kappa shape index (κ1) is 17.1. The molecule has 1 aromatic heterocycles. The number of rotatable bonds is 4. The van der Waals surface area contributed by atoms with Crippen LogP contribution >= 0.6 is 0 Å². The van der Waals surface area contributed by atoms with E-state index in [-0.39, 0.29) is 30.5 Å². The van der Waals surface area contributed by atoms with Crippen molar-refractivity contribution in [2.45, 2.75) is 26.8 Å². The van der Waals surface area contributed by atoms with Gasteiger partial charge in [0.25, 0.3) is 0 Å². The molecule has 132 valence electrons. The third kappa shape index (κ3) is 3.55. The van der Waals surface area contributed by atoms with Gasteiger partial charge in [-0.25, -0.2) is 4.39 Å². The lowest BCUT2D eigenvalue weighted by molar-refractivity contribution is -0.135. The molecule has 6 nitrogen and oxygen atoms in total. The topological polar surface area (TPSA) is 66.7 Å². The van der Waals surface area contributed by atoms with Crippen LogP contribution in [0.25, 0.3) is 0 Å². The highest BCUT2D eigenvalue weighted by molar-refractivity contribution is 6.00. The fourth-order valence-corrected chi connectivity index (χ4v) is 3.06. The Morgan fingerprint density at radius 1 is 1.40 bits per heavy atom. The Morgan fingerprint density at radius 3 is 2.80 bits per heavy atom. The molecule has 0 spiro atoms. The van der Waals surface area contributed by atoms with Crippen molar-refractivity contribution in [2.75, 3.05) is 18.5 Å². The van der Waals surface area contributed by atoms with E-state index in [1.165, 1.54) is 15.9 Å². The van der Waals surface area contributed by atoms with Gasteiger partial charge in [-0.05, 0) is 31.5 Å². The zero-order valence-corrected chi connectivity index (χ0v) is 14.5. The van der Waals surface area contributed by atoms with Gasteiger partial charge < -0.3 is 14.3 Å². The molecule has 2 heterocycles. The van der Waals surface area contributed by atoms with Gasteiger partial charge in [-0.3, -0.25) is 9.59 Å². The van der Waals surface area contributed by atoms with Crippen molar-refractivity contribution in [3.05, 3.63) is 47.1 Å². The minimum atomic E-state index is -0.494. The van der Waals surface area contributed by atoms with Crippen LogP contribution < -0.4 is 4.90 Å². The Balaban J connectivity index is 1.69. The number of aromatic nitrogens is 1. The number of hydrogen-bond donors (Lipinski definition) is 0. The highest BCUT2D eigenvalue weighted by Gasteiger charge is 2.37. The molecule has 3 rings (SSSR count). The highest BCUT2D eigenvalue weighted by Crippen LogP contribution is 2.29. The summed E-state index contributed by atoms with van der Waals surface area (Å²) in [5.74, 6) is -0.678. The standard InChI is InChI=1S/C18H20FN3O3/c1-11-4-5-16(15(19)6-11)22-9-13(8-17(22)23)18(24)21(3)10-14-7-12(2)25-20-14/h4-7,13H,8-10H2,1-3H3. The van der Waals surface area contributed by atoms with Crippen LogP contribution in [0.1, 0.15) is 23.4 Å². The molecule has 1 unspecified atom stereocenters. The van der Waals surface area contributed by atoms with Crippen LogP contribution in [-0.4, -0.2) is 35.5 Å². The summed E-state index contributed by atoms with van der Waals surface area (Å²) in [4.78, 5) is 27.8. The van der Waals surface area contributed by atoms with Gasteiger partial charge in [0.1, 0.15) is 17.3 Å². The van der Waals surface area contributed by atoms with Crippen molar-refractivity contribution < 1.29 is 18.5 Å². The second-order valence-corrected chi connectivity index (χ2v) is 6.48. The lowest BCUT2D eigenvalue weighted by atomic mass is 10.1. The monoisotopic (exact) mass is 345 g/mol. The van der Waals surface area contributed by atoms with Gasteiger partial charge in [0, 0.05) is 26.1 Å². The van der Waals surface area contributed by atoms with E-state index in [1.54, 1.807) is 39.1 Å². The molecule has 0 radical (unpaired) electrons. The summed E-state index contributed by atoms with van der Waals surface area (Å²) >= 11 is 0. The summed E-state index contributed by atoms with van der Waals surface area (Å²) < 4.78 is 19.1. The Morgan fingerprint density at radius 2 is 2.16 bits per heavy atom. The summed E-state index contributed by atoms with van der Waals surface area (Å²) in [5, 5.41) is 3.87. The molecule has 2 amide bonds. The smallest absolute Gasteiger partial charge is 0.228 e. The molecule has 1 aliphatic rings. The first-order valence-electron chi connectivity index (χ1n) is 8.09. The summed E-state index contributed by atoms with van der Waals surface area (Å²) in [6, 6.07) is 6.48. The molecule has 1 fully saturated rings. The van der Waals surface area contributed by atoms with Crippen molar-refractivity contribution in [1.82, 2.24) is 10.1 Å². The molecule has 2 aromatic rings. The Labute approximate surface area is 145 Å². The maximum absolute atomic E-state index is 14.1. The van der Waals surface area contributed by atoms with Crippen LogP contribution in [-0.2, 0) is 16.1 Å². The van der Waals surface area contributed by atoms with E-state index in [4.69, 9.17) is 4.52 Å². The van der Waals surface area contributed by atoms with Crippen molar-refractivity contribution in [3.8, 4) is 0 Å². The molecule has 1 aromatic carbocycles. The van der Waals surface area contributed by atoms with E-state index >= 15 is 0 Å². The third-order valence-electron chi connectivity index (χ3n) is 4.32. The number of amides is 2. The van der Waals surface area contributed by atoms with Crippen molar-refractivity contribution in [2.24, 2.45) is 5.92 Å². The highest BCUT2D eigenvalue weighted by atomic mass is 19.1. The van der Waals surface area contributed by atoms with Gasteiger partial charge in [-0.1, -0.05) is 11.2 Å². The first-order valence-corrected chi connectivity index (χ1v) is 8.09. The zero-order valence-electron chi connectivity index (χ0n) is 14.5. The van der Waals surface area contributed by atoms with Crippen LogP contribution in [0, 0.1) is 25.6 Å². The van der Waals surface area contributed by atoms with E-state index in [0.29, 0.717) is 18.0 Å². The number of carbonyl (C=O) groups excluding carboxylic acids is 2. The van der Waals surface area contributed by atoms with Gasteiger partial charge in [0.2, 0.25) is 11.8 Å². The fourth-order valence-electron chi connectivity index (χ4n) is 3.06. The average Bonchev–Trinajstić information content (AvgIpc) is 3.12. The van der Waals surface area contributed by atoms with Gasteiger partial charge in [-0.15, -0.1) is 0 Å². The van der Waals surface area contributed by atoms with Gasteiger partial charge in [0.15, 0.2) is 0 Å². The molecular formula is C18H20FN3O3. The molecule has 1 atom stereocenters. The summed E-state index contributed by atoms with van der Waals surface area (Å²) in [6.45, 7) is 4.05. The summed E-state index contributed by atoms with van der Waals surface area (Å²) in [7, 11) is 1.66. The predicted octanol–water partition coefficient (Wildman–Crippen LogP) is 2.44. The van der Waals surface area contributed by atoms with Crippen LogP contribution in [0.4, 0.5) is 10.1 Å². The van der Waals surface area contributed by atoms with E-state index in [1.807, 2.05) is 0 Å². The Bertz CT molecular complexity index is 818. The number of halogens is 1. The molecule has 7 heteroatoms. The quantitative estimate of drug-likeness (QED) is 0.854. The number of carbonyl (C=O) groups is 2. The van der Waals surface area contributed by atoms with Gasteiger partial charge in [-0.2, -0.15) is 0 Å². The normalized spacial score (nSPS) is 17.2. The van der Waals surface area contributed by atoms with E-state index < -0.39 is 11.7 Å². The minimum absolute atomic E-state index is 0.0777. The SMILES string of the molecule is Cc1ccc(N2CC(C(=O)N(C)Cc3cc(C)on3)CC2=O)c(F)c1. The lowest BCUT2D eigenvalue weighted by Gasteiger charge is -2.21. The van der Waals surface area contributed by atoms with Crippen LogP contribution in [0.5, 0.6) is 0 Å². The summed E-state index contributed by atoms with van der Waals surface area (Å²) in [5.41, 5.74) is 1.66. The van der Waals surface area contributed by atoms with Crippen LogP contribution in [0.3, 0.4) is 0 Å². The zero-order chi connectivity index (χ0) is 18.1. The molecule has 1 aliphatic heterocycles. The first-order chi connectivity index (χ1) is 11.8. The molecule has 0 saturated carbocycles. The Hall–Kier alpha value is -2.70. The van der Waals surface area contributed by atoms with E-state index in [0.717, 1.165) is 5.56 Å². The van der Waals surface area contributed by atoms with Gasteiger partial charge >= 0.3 is 0 Å². The van der Waals surface area contributed by atoms with Gasteiger partial charge in [0.05, 0.1) is 18.2 Å². The van der Waals surface area contributed by atoms with Crippen molar-refractivity contribution >= 4 is 17.5 Å². The van der Waals surface area contributed by atoms with Crippen LogP contribution in [0.2, 0.25) is 0 Å². The fraction of sp³-hybridized carbons (Fsp3) is 0.389. The number of hydrogen-bond acceptors (Lipinski definition) is 4. The number of nitrogens with zero attached hydrogens (tertiary/aromatic N) is 3. The van der Waals surface area contributed by atoms with Crippen molar-refractivity contribution in [1.29, 1.82) is 0 Å². The predicted molar refractivity (Wildman–Crippen MR) is 89.3 cm³/mol. The van der Waals surface area contributed by atoms with Crippen molar-refractivity contribution in [3.63, 3.8) is 0 Å². The number of benzene rings is 1. The molecule has 1 saturated heterocycles. The molecular weight excluding hydrogens is 325 g/mol. The maximum atomic E-state index is 14.1. The number of aryl methyl sites for hydroxylation is 2. The van der Waals surface area contributed by atoms with E-state index in [2.05, 4.69) is 5.16 Å². The van der Waals surface area contributed by atoms with E-state index in [9.17, 15) is 14.0 Å². The molecule has 0 bridgehead atoms. The third-order valence-corrected chi connectivity index (χ3v) is 4.32. The second kappa shape index (κ2) is 6.66. The largest absolute Gasteiger partial charge is 0.361 e. The maximum Gasteiger partial charge on any atom is 0.228 e. The molecule has 0 aliphatic carbocycles. The molecule has 0 N–H and O–H groups in total. The minimum Gasteiger partial charge on any atom is -0.361 e. The molecule has 25 heavy (non-hydrogen) atoms.